The van der Waals surface area contributed by atoms with Crippen LogP contribution in [0.3, 0.4) is 0 Å². The third-order valence-electron chi connectivity index (χ3n) is 6.19. The number of rotatable bonds is 5. The second-order valence-corrected chi connectivity index (χ2v) is 8.14. The number of cyclic esters (lactones) is 1. The van der Waals surface area contributed by atoms with Crippen molar-refractivity contribution in [2.24, 2.45) is 5.92 Å². The van der Waals surface area contributed by atoms with E-state index < -0.39 is 36.2 Å². The molecule has 164 valence electrons. The zero-order valence-electron chi connectivity index (χ0n) is 17.4. The molecule has 3 fully saturated rings. The van der Waals surface area contributed by atoms with E-state index in [1.165, 1.54) is 4.90 Å². The van der Waals surface area contributed by atoms with Gasteiger partial charge in [-0.15, -0.1) is 0 Å². The highest BCUT2D eigenvalue weighted by atomic mass is 16.6. The average molecular weight is 433 g/mol. The molecular formula is C24H23N3O5. The number of pyridine rings is 1. The molecule has 0 radical (unpaired) electrons. The molecule has 32 heavy (non-hydrogen) atoms. The Bertz CT molecular complexity index is 1040. The summed E-state index contributed by atoms with van der Waals surface area (Å²) in [6, 6.07) is 12.7. The Kier molecular flexibility index (Phi) is 5.34. The average Bonchev–Trinajstić information content (AvgIpc) is 3.16. The highest BCUT2D eigenvalue weighted by Gasteiger charge is 2.58. The molecule has 8 heteroatoms. The summed E-state index contributed by atoms with van der Waals surface area (Å²) < 4.78 is 10.8. The molecule has 2 aromatic rings. The fraction of sp³-hybridized carbons (Fsp3) is 0.333. The van der Waals surface area contributed by atoms with Gasteiger partial charge >= 0.3 is 12.2 Å². The molecule has 2 saturated heterocycles. The Labute approximate surface area is 185 Å². The van der Waals surface area contributed by atoms with Gasteiger partial charge in [0.25, 0.3) is 0 Å². The van der Waals surface area contributed by atoms with Crippen molar-refractivity contribution in [2.45, 2.75) is 37.6 Å². The molecule has 3 atom stereocenters. The highest BCUT2D eigenvalue weighted by molar-refractivity contribution is 6.01. The van der Waals surface area contributed by atoms with Gasteiger partial charge in [-0.1, -0.05) is 48.6 Å². The quantitative estimate of drug-likeness (QED) is 0.667. The van der Waals surface area contributed by atoms with Crippen molar-refractivity contribution < 1.29 is 23.9 Å². The summed E-state index contributed by atoms with van der Waals surface area (Å²) in [5.41, 5.74) is 1.69. The number of ether oxygens (including phenoxy) is 2. The highest BCUT2D eigenvalue weighted by Crippen LogP contribution is 2.40. The van der Waals surface area contributed by atoms with Crippen LogP contribution in [0.1, 0.15) is 36.4 Å². The zero-order valence-corrected chi connectivity index (χ0v) is 17.4. The van der Waals surface area contributed by atoms with E-state index in [0.29, 0.717) is 0 Å². The number of hydrogen-bond donors (Lipinski definition) is 0. The molecule has 2 aliphatic heterocycles. The minimum Gasteiger partial charge on any atom is -0.447 e. The van der Waals surface area contributed by atoms with E-state index in [2.05, 4.69) is 4.98 Å². The van der Waals surface area contributed by atoms with Gasteiger partial charge in [0.05, 0.1) is 12.0 Å². The second-order valence-electron chi connectivity index (χ2n) is 8.14. The van der Waals surface area contributed by atoms with Gasteiger partial charge in [0.1, 0.15) is 18.9 Å². The Morgan fingerprint density at radius 3 is 2.62 bits per heavy atom. The minimum atomic E-state index is -0.816. The number of carbonyl (C=O) groups is 3. The van der Waals surface area contributed by atoms with Gasteiger partial charge in [-0.05, 0) is 36.5 Å². The van der Waals surface area contributed by atoms with Crippen LogP contribution in [0, 0.1) is 5.92 Å². The molecule has 5 rings (SSSR count). The number of hydrogen-bond acceptors (Lipinski definition) is 6. The first-order chi connectivity index (χ1) is 15.6. The van der Waals surface area contributed by atoms with E-state index >= 15 is 0 Å². The van der Waals surface area contributed by atoms with Crippen LogP contribution in [0.4, 0.5) is 9.59 Å². The monoisotopic (exact) mass is 433 g/mol. The van der Waals surface area contributed by atoms with E-state index in [4.69, 9.17) is 9.47 Å². The Morgan fingerprint density at radius 1 is 1.12 bits per heavy atom. The summed E-state index contributed by atoms with van der Waals surface area (Å²) in [6.07, 6.45) is 7.16. The van der Waals surface area contributed by atoms with Crippen molar-refractivity contribution in [3.63, 3.8) is 0 Å². The fourth-order valence-electron chi connectivity index (χ4n) is 4.21. The largest absolute Gasteiger partial charge is 0.447 e. The minimum absolute atomic E-state index is 0.151. The van der Waals surface area contributed by atoms with Crippen LogP contribution in [0.15, 0.2) is 60.9 Å². The van der Waals surface area contributed by atoms with E-state index in [0.717, 1.165) is 35.3 Å². The van der Waals surface area contributed by atoms with Crippen LogP contribution in [0.2, 0.25) is 0 Å². The van der Waals surface area contributed by atoms with Crippen LogP contribution in [0.5, 0.6) is 0 Å². The molecule has 1 aliphatic carbocycles. The SMILES string of the molecule is O=C(OC1CCC1)N1C(=O)[C@H](C=Cc2cccnc2)[C@@H]1N1C(=O)OC[C@@H]1c1ccccc1. The molecule has 1 saturated carbocycles. The van der Waals surface area contributed by atoms with Crippen molar-refractivity contribution in [1.82, 2.24) is 14.8 Å². The third-order valence-corrected chi connectivity index (χ3v) is 6.19. The first kappa shape index (κ1) is 20.2. The Hall–Kier alpha value is -3.68. The summed E-state index contributed by atoms with van der Waals surface area (Å²) in [4.78, 5) is 45.2. The summed E-state index contributed by atoms with van der Waals surface area (Å²) >= 11 is 0. The maximum atomic E-state index is 13.0. The van der Waals surface area contributed by atoms with Crippen LogP contribution in [-0.2, 0) is 14.3 Å². The van der Waals surface area contributed by atoms with Gasteiger partial charge in [-0.25, -0.2) is 14.5 Å². The lowest BCUT2D eigenvalue weighted by molar-refractivity contribution is -0.159. The lowest BCUT2D eigenvalue weighted by Crippen LogP contribution is -2.69. The fourth-order valence-corrected chi connectivity index (χ4v) is 4.21. The van der Waals surface area contributed by atoms with Gasteiger partial charge in [0.2, 0.25) is 5.91 Å². The molecule has 0 spiro atoms. The normalized spacial score (nSPS) is 25.4. The number of nitrogens with zero attached hydrogens (tertiary/aromatic N) is 3. The topological polar surface area (TPSA) is 89.0 Å². The number of amides is 3. The summed E-state index contributed by atoms with van der Waals surface area (Å²) in [6.45, 7) is 0.151. The lowest BCUT2D eigenvalue weighted by atomic mass is 9.90. The molecule has 0 bridgehead atoms. The Balaban J connectivity index is 1.45. The standard InChI is InChI=1S/C24H23N3O5/c28-22-19(12-11-16-6-5-13-25-14-16)21(27(22)24(30)32-18-9-4-10-18)26-20(15-31-23(26)29)17-7-2-1-3-8-17/h1-3,5-8,11-14,18-21H,4,9-10,15H2/t19-,20-,21-/m1/s1. The number of likely N-dealkylation sites (tertiary alicyclic amines) is 1. The molecule has 3 heterocycles. The number of benzene rings is 1. The van der Waals surface area contributed by atoms with Gasteiger partial charge < -0.3 is 9.47 Å². The van der Waals surface area contributed by atoms with Crippen molar-refractivity contribution in [2.75, 3.05) is 6.61 Å². The van der Waals surface area contributed by atoms with Gasteiger partial charge in [0, 0.05) is 12.4 Å². The molecule has 8 nitrogen and oxygen atoms in total. The lowest BCUT2D eigenvalue weighted by Gasteiger charge is -2.48. The zero-order chi connectivity index (χ0) is 22.1. The molecule has 1 aromatic heterocycles. The summed E-state index contributed by atoms with van der Waals surface area (Å²) in [5.74, 6) is -1.09. The Morgan fingerprint density at radius 2 is 1.94 bits per heavy atom. The van der Waals surface area contributed by atoms with Crippen LogP contribution in [-0.4, -0.2) is 51.8 Å². The second kappa shape index (κ2) is 8.45. The number of β-lactam (4-membered cyclic amide) rings is 1. The van der Waals surface area contributed by atoms with Gasteiger partial charge in [-0.3, -0.25) is 14.7 Å². The van der Waals surface area contributed by atoms with E-state index in [1.54, 1.807) is 30.6 Å². The van der Waals surface area contributed by atoms with Crippen molar-refractivity contribution in [3.05, 3.63) is 72.1 Å². The molecule has 3 aliphatic rings. The molecule has 1 aromatic carbocycles. The first-order valence-corrected chi connectivity index (χ1v) is 10.8. The third kappa shape index (κ3) is 3.62. The number of aromatic nitrogens is 1. The predicted octanol–water partition coefficient (Wildman–Crippen LogP) is 3.76. The number of carbonyl (C=O) groups excluding carboxylic acids is 3. The van der Waals surface area contributed by atoms with Crippen molar-refractivity contribution in [1.29, 1.82) is 0 Å². The smallest absolute Gasteiger partial charge is 0.418 e. The van der Waals surface area contributed by atoms with Crippen LogP contribution in [0.25, 0.3) is 6.08 Å². The maximum absolute atomic E-state index is 13.0. The first-order valence-electron chi connectivity index (χ1n) is 10.8. The van der Waals surface area contributed by atoms with E-state index in [-0.39, 0.29) is 12.7 Å². The summed E-state index contributed by atoms with van der Waals surface area (Å²) in [5, 5.41) is 0. The number of imide groups is 1. The molecule has 0 N–H and O–H groups in total. The van der Waals surface area contributed by atoms with E-state index in [9.17, 15) is 14.4 Å². The van der Waals surface area contributed by atoms with Crippen molar-refractivity contribution >= 4 is 24.2 Å². The summed E-state index contributed by atoms with van der Waals surface area (Å²) in [7, 11) is 0. The van der Waals surface area contributed by atoms with Crippen LogP contribution < -0.4 is 0 Å². The maximum Gasteiger partial charge on any atom is 0.418 e. The molecular weight excluding hydrogens is 410 g/mol. The molecule has 3 amide bonds. The van der Waals surface area contributed by atoms with Crippen molar-refractivity contribution in [3.8, 4) is 0 Å². The van der Waals surface area contributed by atoms with E-state index in [1.807, 2.05) is 36.4 Å². The predicted molar refractivity (Wildman–Crippen MR) is 114 cm³/mol. The van der Waals surface area contributed by atoms with Gasteiger partial charge in [0.15, 0.2) is 0 Å². The molecule has 0 unspecified atom stereocenters. The van der Waals surface area contributed by atoms with Gasteiger partial charge in [-0.2, -0.15) is 0 Å². The van der Waals surface area contributed by atoms with Crippen LogP contribution >= 0.6 is 0 Å².